The topological polar surface area (TPSA) is 99.0 Å². The Morgan fingerprint density at radius 3 is 3.00 bits per heavy atom. The Morgan fingerprint density at radius 2 is 2.29 bits per heavy atom. The Hall–Kier alpha value is -2.29. The number of hydrogen-bond acceptors (Lipinski definition) is 7. The molecule has 1 N–H and O–H groups in total. The summed E-state index contributed by atoms with van der Waals surface area (Å²) >= 11 is 1.39. The van der Waals surface area contributed by atoms with Gasteiger partial charge >= 0.3 is 5.97 Å². The monoisotopic (exact) mass is 309 g/mol. The summed E-state index contributed by atoms with van der Waals surface area (Å²) in [5.74, 6) is -0.0944. The first-order valence-electron chi connectivity index (χ1n) is 6.36. The van der Waals surface area contributed by atoms with Crippen LogP contribution >= 0.6 is 11.3 Å². The predicted octanol–water partition coefficient (Wildman–Crippen LogP) is 1.31. The van der Waals surface area contributed by atoms with E-state index in [1.807, 2.05) is 12.3 Å². The Kier molecular flexibility index (Phi) is 4.99. The normalized spacial score (nSPS) is 10.4. The zero-order chi connectivity index (χ0) is 15.2. The lowest BCUT2D eigenvalue weighted by atomic mass is 10.3. The Labute approximate surface area is 125 Å². The fourth-order valence-electron chi connectivity index (χ4n) is 1.68. The van der Waals surface area contributed by atoms with Gasteiger partial charge in [0.15, 0.2) is 5.82 Å². The van der Waals surface area contributed by atoms with Gasteiger partial charge in [-0.15, -0.1) is 16.4 Å². The van der Waals surface area contributed by atoms with Crippen molar-refractivity contribution in [2.45, 2.75) is 26.3 Å². The molecule has 0 unspecified atom stereocenters. The van der Waals surface area contributed by atoms with Crippen LogP contribution in [-0.4, -0.2) is 39.2 Å². The van der Waals surface area contributed by atoms with Crippen molar-refractivity contribution in [3.63, 3.8) is 0 Å². The van der Waals surface area contributed by atoms with Crippen molar-refractivity contribution in [2.24, 2.45) is 0 Å². The van der Waals surface area contributed by atoms with Crippen LogP contribution in [0, 0.1) is 0 Å². The molecule has 0 aliphatic carbocycles. The Balaban J connectivity index is 2.23. The molecule has 0 radical (unpaired) electrons. The lowest BCUT2D eigenvalue weighted by molar-refractivity contribution is -0.141. The summed E-state index contributed by atoms with van der Waals surface area (Å²) in [4.78, 5) is 23.7. The van der Waals surface area contributed by atoms with Gasteiger partial charge < -0.3 is 10.1 Å². The number of thiophene rings is 1. The third-order valence-corrected chi connectivity index (χ3v) is 3.57. The van der Waals surface area contributed by atoms with Gasteiger partial charge in [0.05, 0.1) is 17.7 Å². The summed E-state index contributed by atoms with van der Waals surface area (Å²) in [5.41, 5.74) is 0.638. The second-order valence-corrected chi connectivity index (χ2v) is 5.11. The number of rotatable bonds is 6. The van der Waals surface area contributed by atoms with Crippen molar-refractivity contribution in [3.8, 4) is 10.7 Å². The molecule has 0 spiro atoms. The summed E-state index contributed by atoms with van der Waals surface area (Å²) in [7, 11) is 1.30. The average Bonchev–Trinajstić information content (AvgIpc) is 3.07. The largest absolute Gasteiger partial charge is 0.468 e. The van der Waals surface area contributed by atoms with E-state index >= 15 is 0 Å². The van der Waals surface area contributed by atoms with E-state index in [4.69, 9.17) is 0 Å². The third kappa shape index (κ3) is 3.63. The second-order valence-electron chi connectivity index (χ2n) is 4.20. The smallest absolute Gasteiger partial charge is 0.327 e. The van der Waals surface area contributed by atoms with Crippen LogP contribution in [0.1, 0.15) is 19.8 Å². The van der Waals surface area contributed by atoms with E-state index in [9.17, 15) is 9.59 Å². The van der Waals surface area contributed by atoms with Crippen molar-refractivity contribution in [3.05, 3.63) is 11.4 Å². The maximum absolute atomic E-state index is 11.7. The van der Waals surface area contributed by atoms with Gasteiger partial charge in [0.1, 0.15) is 6.54 Å². The van der Waals surface area contributed by atoms with Crippen molar-refractivity contribution < 1.29 is 14.3 Å². The first-order valence-corrected chi connectivity index (χ1v) is 7.24. The molecule has 0 aliphatic rings. The molecule has 2 aromatic rings. The number of hydrogen-bond donors (Lipinski definition) is 1. The van der Waals surface area contributed by atoms with Crippen molar-refractivity contribution in [1.82, 2.24) is 20.2 Å². The quantitative estimate of drug-likeness (QED) is 0.808. The number of carbonyl (C=O) groups is 2. The molecular formula is C12H15N5O3S. The average molecular weight is 309 g/mol. The maximum Gasteiger partial charge on any atom is 0.327 e. The molecular weight excluding hydrogens is 294 g/mol. The van der Waals surface area contributed by atoms with E-state index in [0.29, 0.717) is 22.8 Å². The minimum Gasteiger partial charge on any atom is -0.468 e. The first kappa shape index (κ1) is 15.1. The molecule has 0 aliphatic heterocycles. The highest BCUT2D eigenvalue weighted by molar-refractivity contribution is 7.14. The van der Waals surface area contributed by atoms with Gasteiger partial charge in [-0.3, -0.25) is 9.59 Å². The Bertz CT molecular complexity index is 636. The molecule has 2 heterocycles. The molecule has 0 bridgehead atoms. The molecule has 0 atom stereocenters. The van der Waals surface area contributed by atoms with Gasteiger partial charge in [-0.1, -0.05) is 6.92 Å². The molecule has 2 aromatic heterocycles. The van der Waals surface area contributed by atoms with Gasteiger partial charge in [0.25, 0.3) is 0 Å². The maximum atomic E-state index is 11.7. The minimum atomic E-state index is -0.448. The van der Waals surface area contributed by atoms with E-state index in [0.717, 1.165) is 6.42 Å². The standard InChI is InChI=1S/C12H15N5O3S/c1-3-4-9(18)13-8-5-6-21-11(8)12-14-15-16-17(12)7-10(19)20-2/h5-6H,3-4,7H2,1-2H3,(H,13,18). The predicted molar refractivity (Wildman–Crippen MR) is 76.7 cm³/mol. The van der Waals surface area contributed by atoms with Gasteiger partial charge in [-0.05, 0) is 28.3 Å². The third-order valence-electron chi connectivity index (χ3n) is 2.66. The van der Waals surface area contributed by atoms with Crippen LogP contribution in [0.4, 0.5) is 5.69 Å². The van der Waals surface area contributed by atoms with Gasteiger partial charge in [-0.25, -0.2) is 4.68 Å². The van der Waals surface area contributed by atoms with Crippen LogP contribution in [0.15, 0.2) is 11.4 Å². The van der Waals surface area contributed by atoms with Crippen LogP contribution < -0.4 is 5.32 Å². The number of aromatic nitrogens is 4. The number of esters is 1. The molecule has 0 aromatic carbocycles. The molecule has 21 heavy (non-hydrogen) atoms. The van der Waals surface area contributed by atoms with E-state index in [-0.39, 0.29) is 12.5 Å². The highest BCUT2D eigenvalue weighted by Gasteiger charge is 2.18. The van der Waals surface area contributed by atoms with Crippen LogP contribution in [0.5, 0.6) is 0 Å². The van der Waals surface area contributed by atoms with Crippen molar-refractivity contribution >= 4 is 28.9 Å². The molecule has 2 rings (SSSR count). The number of methoxy groups -OCH3 is 1. The van der Waals surface area contributed by atoms with E-state index in [2.05, 4.69) is 25.6 Å². The zero-order valence-corrected chi connectivity index (χ0v) is 12.5. The van der Waals surface area contributed by atoms with Crippen LogP contribution in [0.3, 0.4) is 0 Å². The summed E-state index contributed by atoms with van der Waals surface area (Å²) in [6, 6.07) is 1.78. The highest BCUT2D eigenvalue weighted by atomic mass is 32.1. The highest BCUT2D eigenvalue weighted by Crippen LogP contribution is 2.32. The van der Waals surface area contributed by atoms with E-state index in [1.54, 1.807) is 6.07 Å². The lowest BCUT2D eigenvalue weighted by Crippen LogP contribution is -2.15. The number of tetrazole rings is 1. The molecule has 1 amide bonds. The number of anilines is 1. The minimum absolute atomic E-state index is 0.0656. The summed E-state index contributed by atoms with van der Waals surface area (Å²) < 4.78 is 5.94. The molecule has 0 saturated heterocycles. The fourth-order valence-corrected chi connectivity index (χ4v) is 2.52. The SMILES string of the molecule is CCCC(=O)Nc1ccsc1-c1nnnn1CC(=O)OC. The molecule has 0 fully saturated rings. The van der Waals surface area contributed by atoms with E-state index in [1.165, 1.54) is 23.1 Å². The molecule has 0 saturated carbocycles. The fraction of sp³-hybridized carbons (Fsp3) is 0.417. The number of amides is 1. The van der Waals surface area contributed by atoms with Gasteiger partial charge in [-0.2, -0.15) is 0 Å². The van der Waals surface area contributed by atoms with Crippen molar-refractivity contribution in [2.75, 3.05) is 12.4 Å². The Morgan fingerprint density at radius 1 is 1.48 bits per heavy atom. The zero-order valence-electron chi connectivity index (χ0n) is 11.7. The number of ether oxygens (including phenoxy) is 1. The number of nitrogens with one attached hydrogen (secondary N) is 1. The second kappa shape index (κ2) is 6.93. The van der Waals surface area contributed by atoms with Gasteiger partial charge in [0, 0.05) is 6.42 Å². The van der Waals surface area contributed by atoms with Crippen LogP contribution in [-0.2, 0) is 20.9 Å². The summed E-state index contributed by atoms with van der Waals surface area (Å²) in [6.45, 7) is 1.85. The van der Waals surface area contributed by atoms with Gasteiger partial charge in [0.2, 0.25) is 5.91 Å². The van der Waals surface area contributed by atoms with Crippen molar-refractivity contribution in [1.29, 1.82) is 0 Å². The molecule has 9 heteroatoms. The van der Waals surface area contributed by atoms with Crippen LogP contribution in [0.25, 0.3) is 10.7 Å². The summed E-state index contributed by atoms with van der Waals surface area (Å²) in [5, 5.41) is 15.9. The van der Waals surface area contributed by atoms with Crippen LogP contribution in [0.2, 0.25) is 0 Å². The number of nitrogens with zero attached hydrogens (tertiary/aromatic N) is 4. The first-order chi connectivity index (χ1) is 10.2. The van der Waals surface area contributed by atoms with E-state index < -0.39 is 5.97 Å². The number of carbonyl (C=O) groups excluding carboxylic acids is 2. The molecule has 8 nitrogen and oxygen atoms in total. The molecule has 112 valence electrons. The lowest BCUT2D eigenvalue weighted by Gasteiger charge is -2.06. The summed E-state index contributed by atoms with van der Waals surface area (Å²) in [6.07, 6.45) is 1.22.